The molecule has 2 nitrogen and oxygen atoms in total. The lowest BCUT2D eigenvalue weighted by Crippen LogP contribution is -2.24. The van der Waals surface area contributed by atoms with Crippen LogP contribution in [0, 0.1) is 12.7 Å². The maximum absolute atomic E-state index is 14.1. The standard InChI is InChI=1S/C24H24ClFO2/c1-17-5-4-6-21(13-17)28-23-14-18(7-12-22(23)26)15-27-16-24(2,3)19-8-10-20(25)11-9-19/h4-14H,15-16H2,1-3H3. The Balaban J connectivity index is 1.64. The van der Waals surface area contributed by atoms with E-state index in [0.717, 1.165) is 16.7 Å². The van der Waals surface area contributed by atoms with E-state index >= 15 is 0 Å². The van der Waals surface area contributed by atoms with Crippen molar-refractivity contribution in [1.29, 1.82) is 0 Å². The number of benzene rings is 3. The minimum absolute atomic E-state index is 0.161. The Kier molecular flexibility index (Phi) is 6.38. The van der Waals surface area contributed by atoms with Gasteiger partial charge >= 0.3 is 0 Å². The molecule has 146 valence electrons. The highest BCUT2D eigenvalue weighted by Gasteiger charge is 2.21. The number of halogens is 2. The summed E-state index contributed by atoms with van der Waals surface area (Å²) in [6, 6.07) is 20.1. The Morgan fingerprint density at radius 2 is 1.71 bits per heavy atom. The average molecular weight is 399 g/mol. The van der Waals surface area contributed by atoms with E-state index in [1.807, 2.05) is 55.5 Å². The van der Waals surface area contributed by atoms with Gasteiger partial charge in [0.15, 0.2) is 11.6 Å². The third-order valence-electron chi connectivity index (χ3n) is 4.57. The normalized spacial score (nSPS) is 11.5. The predicted molar refractivity (Wildman–Crippen MR) is 112 cm³/mol. The van der Waals surface area contributed by atoms with Crippen molar-refractivity contribution < 1.29 is 13.9 Å². The molecule has 0 aliphatic rings. The van der Waals surface area contributed by atoms with Crippen LogP contribution < -0.4 is 4.74 Å². The van der Waals surface area contributed by atoms with Crippen LogP contribution in [0.3, 0.4) is 0 Å². The molecule has 0 amide bonds. The van der Waals surface area contributed by atoms with Gasteiger partial charge in [0, 0.05) is 10.4 Å². The van der Waals surface area contributed by atoms with E-state index in [1.54, 1.807) is 12.1 Å². The Morgan fingerprint density at radius 1 is 0.964 bits per heavy atom. The van der Waals surface area contributed by atoms with Crippen LogP contribution in [-0.2, 0) is 16.8 Å². The molecule has 0 aliphatic heterocycles. The molecule has 3 aromatic rings. The smallest absolute Gasteiger partial charge is 0.165 e. The summed E-state index contributed by atoms with van der Waals surface area (Å²) in [6.07, 6.45) is 0. The van der Waals surface area contributed by atoms with Crippen LogP contribution in [0.15, 0.2) is 66.7 Å². The molecule has 0 spiro atoms. The van der Waals surface area contributed by atoms with E-state index in [2.05, 4.69) is 13.8 Å². The SMILES string of the molecule is Cc1cccc(Oc2cc(COCC(C)(C)c3ccc(Cl)cc3)ccc2F)c1. The van der Waals surface area contributed by atoms with Crippen LogP contribution >= 0.6 is 11.6 Å². The average Bonchev–Trinajstić information content (AvgIpc) is 2.65. The van der Waals surface area contributed by atoms with Gasteiger partial charge in [0.2, 0.25) is 0 Å². The summed E-state index contributed by atoms with van der Waals surface area (Å²) in [6.45, 7) is 7.11. The number of hydrogen-bond acceptors (Lipinski definition) is 2. The van der Waals surface area contributed by atoms with Crippen molar-refractivity contribution >= 4 is 11.6 Å². The van der Waals surface area contributed by atoms with Gasteiger partial charge < -0.3 is 9.47 Å². The second-order valence-electron chi connectivity index (χ2n) is 7.57. The first kappa shape index (κ1) is 20.4. The fourth-order valence-corrected chi connectivity index (χ4v) is 3.06. The molecular weight excluding hydrogens is 375 g/mol. The van der Waals surface area contributed by atoms with E-state index in [-0.39, 0.29) is 11.2 Å². The van der Waals surface area contributed by atoms with Gasteiger partial charge in [-0.3, -0.25) is 0 Å². The lowest BCUT2D eigenvalue weighted by atomic mass is 9.86. The maximum atomic E-state index is 14.1. The molecule has 28 heavy (non-hydrogen) atoms. The lowest BCUT2D eigenvalue weighted by Gasteiger charge is -2.25. The van der Waals surface area contributed by atoms with Gasteiger partial charge in [-0.05, 0) is 60.0 Å². The monoisotopic (exact) mass is 398 g/mol. The zero-order valence-corrected chi connectivity index (χ0v) is 17.1. The van der Waals surface area contributed by atoms with Gasteiger partial charge in [-0.15, -0.1) is 0 Å². The summed E-state index contributed by atoms with van der Waals surface area (Å²) in [4.78, 5) is 0. The van der Waals surface area contributed by atoms with E-state index in [9.17, 15) is 4.39 Å². The molecule has 0 N–H and O–H groups in total. The highest BCUT2D eigenvalue weighted by molar-refractivity contribution is 6.30. The molecule has 0 aliphatic carbocycles. The molecular formula is C24H24ClFO2. The van der Waals surface area contributed by atoms with Gasteiger partial charge in [-0.2, -0.15) is 0 Å². The summed E-state index contributed by atoms with van der Waals surface area (Å²) in [5, 5.41) is 0.716. The second-order valence-corrected chi connectivity index (χ2v) is 8.00. The number of aryl methyl sites for hydroxylation is 1. The molecule has 0 saturated carbocycles. The molecule has 4 heteroatoms. The quantitative estimate of drug-likeness (QED) is 0.423. The molecule has 0 bridgehead atoms. The molecule has 0 atom stereocenters. The third-order valence-corrected chi connectivity index (χ3v) is 4.82. The third kappa shape index (κ3) is 5.34. The van der Waals surface area contributed by atoms with Crippen molar-refractivity contribution in [1.82, 2.24) is 0 Å². The van der Waals surface area contributed by atoms with Crippen LogP contribution in [0.1, 0.15) is 30.5 Å². The Hall–Kier alpha value is -2.36. The highest BCUT2D eigenvalue weighted by atomic mass is 35.5. The first-order chi connectivity index (χ1) is 13.3. The van der Waals surface area contributed by atoms with Crippen LogP contribution in [-0.4, -0.2) is 6.61 Å². The molecule has 3 rings (SSSR count). The van der Waals surface area contributed by atoms with Crippen molar-refractivity contribution in [2.75, 3.05) is 6.61 Å². The summed E-state index contributed by atoms with van der Waals surface area (Å²) in [5.74, 6) is 0.413. The number of hydrogen-bond donors (Lipinski definition) is 0. The fraction of sp³-hybridized carbons (Fsp3) is 0.250. The molecule has 0 saturated heterocycles. The first-order valence-electron chi connectivity index (χ1n) is 9.20. The summed E-state index contributed by atoms with van der Waals surface area (Å²) >= 11 is 5.97. The minimum Gasteiger partial charge on any atom is -0.454 e. The first-order valence-corrected chi connectivity index (χ1v) is 9.58. The van der Waals surface area contributed by atoms with Crippen LogP contribution in [0.5, 0.6) is 11.5 Å². The van der Waals surface area contributed by atoms with Crippen molar-refractivity contribution in [2.24, 2.45) is 0 Å². The molecule has 3 aromatic carbocycles. The number of ether oxygens (including phenoxy) is 2. The molecule has 0 fully saturated rings. The fourth-order valence-electron chi connectivity index (χ4n) is 2.93. The van der Waals surface area contributed by atoms with Gasteiger partial charge in [-0.1, -0.05) is 55.8 Å². The zero-order valence-electron chi connectivity index (χ0n) is 16.3. The van der Waals surface area contributed by atoms with E-state index in [4.69, 9.17) is 21.1 Å². The molecule has 0 unspecified atom stereocenters. The largest absolute Gasteiger partial charge is 0.454 e. The zero-order chi connectivity index (χ0) is 20.1. The summed E-state index contributed by atoms with van der Waals surface area (Å²) < 4.78 is 25.8. The minimum atomic E-state index is -0.397. The Morgan fingerprint density at radius 3 is 2.43 bits per heavy atom. The second kappa shape index (κ2) is 8.76. The van der Waals surface area contributed by atoms with E-state index in [0.29, 0.717) is 24.0 Å². The van der Waals surface area contributed by atoms with Gasteiger partial charge in [0.05, 0.1) is 13.2 Å². The summed E-state index contributed by atoms with van der Waals surface area (Å²) in [5.41, 5.74) is 2.91. The molecule has 0 aromatic heterocycles. The van der Waals surface area contributed by atoms with Gasteiger partial charge in [0.1, 0.15) is 5.75 Å². The van der Waals surface area contributed by atoms with Crippen LogP contribution in [0.4, 0.5) is 4.39 Å². The van der Waals surface area contributed by atoms with Crippen LogP contribution in [0.25, 0.3) is 0 Å². The van der Waals surface area contributed by atoms with E-state index < -0.39 is 5.82 Å². The predicted octanol–water partition coefficient (Wildman–Crippen LogP) is 7.07. The van der Waals surface area contributed by atoms with E-state index in [1.165, 1.54) is 6.07 Å². The van der Waals surface area contributed by atoms with Gasteiger partial charge in [0.25, 0.3) is 0 Å². The topological polar surface area (TPSA) is 18.5 Å². The lowest BCUT2D eigenvalue weighted by molar-refractivity contribution is 0.0823. The van der Waals surface area contributed by atoms with Crippen molar-refractivity contribution in [2.45, 2.75) is 32.8 Å². The number of rotatable bonds is 7. The Bertz CT molecular complexity index is 936. The van der Waals surface area contributed by atoms with Crippen molar-refractivity contribution in [3.05, 3.63) is 94.3 Å². The van der Waals surface area contributed by atoms with Gasteiger partial charge in [-0.25, -0.2) is 4.39 Å². The van der Waals surface area contributed by atoms with Crippen molar-refractivity contribution in [3.8, 4) is 11.5 Å². The highest BCUT2D eigenvalue weighted by Crippen LogP contribution is 2.28. The van der Waals surface area contributed by atoms with Crippen molar-refractivity contribution in [3.63, 3.8) is 0 Å². The Labute approximate surface area is 170 Å². The maximum Gasteiger partial charge on any atom is 0.165 e. The molecule has 0 heterocycles. The molecule has 0 radical (unpaired) electrons. The summed E-state index contributed by atoms with van der Waals surface area (Å²) in [7, 11) is 0. The van der Waals surface area contributed by atoms with Crippen LogP contribution in [0.2, 0.25) is 5.02 Å².